The van der Waals surface area contributed by atoms with Crippen LogP contribution in [0.15, 0.2) is 65.6 Å². The molecule has 0 aliphatic carbocycles. The molecule has 0 saturated carbocycles. The van der Waals surface area contributed by atoms with Crippen molar-refractivity contribution in [3.8, 4) is 23.0 Å². The lowest BCUT2D eigenvalue weighted by Crippen LogP contribution is -2.24. The number of hydrogen-bond acceptors (Lipinski definition) is 6. The molecule has 1 N–H and O–H groups in total. The molecule has 0 unspecified atom stereocenters. The van der Waals surface area contributed by atoms with Crippen LogP contribution >= 0.6 is 11.8 Å². The molecule has 0 spiro atoms. The van der Waals surface area contributed by atoms with Crippen molar-refractivity contribution < 1.29 is 18.9 Å². The molecule has 1 aromatic heterocycles. The largest absolute Gasteiger partial charge is 0.494 e. The summed E-state index contributed by atoms with van der Waals surface area (Å²) in [6, 6.07) is 21.2. The summed E-state index contributed by atoms with van der Waals surface area (Å²) in [6.45, 7) is 4.36. The van der Waals surface area contributed by atoms with E-state index in [2.05, 4.69) is 70.5 Å². The van der Waals surface area contributed by atoms with Crippen LogP contribution in [0.5, 0.6) is 23.0 Å². The molecule has 0 bridgehead atoms. The van der Waals surface area contributed by atoms with Gasteiger partial charge < -0.3 is 28.8 Å². The zero-order chi connectivity index (χ0) is 25.1. The molecule has 3 aromatic carbocycles. The number of nitrogens with one attached hydrogen (secondary N) is 1. The van der Waals surface area contributed by atoms with Crippen LogP contribution in [0.3, 0.4) is 0 Å². The Hall–Kier alpha value is -3.45. The van der Waals surface area contributed by atoms with Crippen molar-refractivity contribution in [2.45, 2.75) is 30.0 Å². The third-order valence-electron chi connectivity index (χ3n) is 6.52. The van der Waals surface area contributed by atoms with Gasteiger partial charge in [-0.05, 0) is 66.8 Å². The monoisotopic (exact) mass is 504 g/mol. The Morgan fingerprint density at radius 3 is 2.42 bits per heavy atom. The van der Waals surface area contributed by atoms with E-state index in [1.807, 2.05) is 18.7 Å². The van der Waals surface area contributed by atoms with Gasteiger partial charge in [0.1, 0.15) is 5.75 Å². The Balaban J connectivity index is 1.51. The van der Waals surface area contributed by atoms with E-state index in [1.165, 1.54) is 27.2 Å². The topological polar surface area (TPSA) is 56.0 Å². The van der Waals surface area contributed by atoms with Gasteiger partial charge in [0.25, 0.3) is 0 Å². The molecule has 0 saturated heterocycles. The first kappa shape index (κ1) is 24.3. The quantitative estimate of drug-likeness (QED) is 0.284. The van der Waals surface area contributed by atoms with E-state index in [0.717, 1.165) is 30.8 Å². The molecule has 36 heavy (non-hydrogen) atoms. The fraction of sp³-hybridized carbons (Fsp3) is 0.310. The average Bonchev–Trinajstić information content (AvgIpc) is 3.23. The Labute approximate surface area is 216 Å². The zero-order valence-electron chi connectivity index (χ0n) is 21.2. The standard InChI is InChI=1S/C29H32N2O4S/c1-5-35-22-10-11-24-28(17-22)36-27(20-15-25(32-2)29(34-4)26(16-20)33-3)12-13-31(24)18-21-14-19-8-6-7-9-23(19)30-21/h6-11,14-17,27,30H,5,12-13,18H2,1-4H3/t27-/m0/s1. The van der Waals surface area contributed by atoms with Crippen LogP contribution in [0.2, 0.25) is 0 Å². The molecule has 0 fully saturated rings. The molecule has 1 aliphatic heterocycles. The van der Waals surface area contributed by atoms with Crippen LogP contribution in [-0.4, -0.2) is 39.5 Å². The van der Waals surface area contributed by atoms with E-state index in [9.17, 15) is 0 Å². The Morgan fingerprint density at radius 1 is 0.944 bits per heavy atom. The minimum absolute atomic E-state index is 0.210. The van der Waals surface area contributed by atoms with E-state index in [0.29, 0.717) is 23.9 Å². The molecule has 188 valence electrons. The highest BCUT2D eigenvalue weighted by molar-refractivity contribution is 7.99. The highest BCUT2D eigenvalue weighted by Gasteiger charge is 2.26. The van der Waals surface area contributed by atoms with Gasteiger partial charge in [0, 0.05) is 27.9 Å². The summed E-state index contributed by atoms with van der Waals surface area (Å²) in [5, 5.41) is 1.45. The normalized spacial score (nSPS) is 15.3. The first-order valence-corrected chi connectivity index (χ1v) is 13.1. The van der Waals surface area contributed by atoms with E-state index < -0.39 is 0 Å². The van der Waals surface area contributed by atoms with Crippen LogP contribution in [0.25, 0.3) is 10.9 Å². The molecular weight excluding hydrogens is 472 g/mol. The molecule has 2 heterocycles. The van der Waals surface area contributed by atoms with Gasteiger partial charge in [-0.1, -0.05) is 18.2 Å². The van der Waals surface area contributed by atoms with Gasteiger partial charge in [-0.2, -0.15) is 0 Å². The molecule has 1 aliphatic rings. The highest BCUT2D eigenvalue weighted by Crippen LogP contribution is 2.49. The van der Waals surface area contributed by atoms with Gasteiger partial charge >= 0.3 is 0 Å². The van der Waals surface area contributed by atoms with E-state index in [4.69, 9.17) is 18.9 Å². The van der Waals surface area contributed by atoms with E-state index in [1.54, 1.807) is 21.3 Å². The summed E-state index contributed by atoms with van der Waals surface area (Å²) in [5.41, 5.74) is 4.73. The molecule has 1 atom stereocenters. The number of rotatable bonds is 8. The summed E-state index contributed by atoms with van der Waals surface area (Å²) >= 11 is 1.86. The maximum Gasteiger partial charge on any atom is 0.203 e. The zero-order valence-corrected chi connectivity index (χ0v) is 22.0. The summed E-state index contributed by atoms with van der Waals surface area (Å²) in [4.78, 5) is 7.25. The van der Waals surface area contributed by atoms with Crippen molar-refractivity contribution in [2.75, 3.05) is 39.4 Å². The Morgan fingerprint density at radius 2 is 1.72 bits per heavy atom. The summed E-state index contributed by atoms with van der Waals surface area (Å²) in [7, 11) is 4.95. The maximum absolute atomic E-state index is 5.86. The summed E-state index contributed by atoms with van der Waals surface area (Å²) < 4.78 is 22.7. The van der Waals surface area contributed by atoms with Crippen LogP contribution in [0.4, 0.5) is 5.69 Å². The number of methoxy groups -OCH3 is 3. The van der Waals surface area contributed by atoms with E-state index in [-0.39, 0.29) is 5.25 Å². The predicted molar refractivity (Wildman–Crippen MR) is 146 cm³/mol. The number of aromatic nitrogens is 1. The molecule has 7 heteroatoms. The smallest absolute Gasteiger partial charge is 0.203 e. The molecule has 6 nitrogen and oxygen atoms in total. The van der Waals surface area contributed by atoms with Crippen molar-refractivity contribution in [1.82, 2.24) is 4.98 Å². The third kappa shape index (κ3) is 4.80. The molecular formula is C29H32N2O4S. The number of thioether (sulfide) groups is 1. The number of nitrogens with zero attached hydrogens (tertiary/aromatic N) is 1. The van der Waals surface area contributed by atoms with Crippen molar-refractivity contribution in [2.24, 2.45) is 0 Å². The highest BCUT2D eigenvalue weighted by atomic mass is 32.2. The number of aromatic amines is 1. The van der Waals surface area contributed by atoms with Gasteiger partial charge in [-0.15, -0.1) is 11.8 Å². The average molecular weight is 505 g/mol. The second-order valence-corrected chi connectivity index (χ2v) is 9.96. The number of hydrogen-bond donors (Lipinski definition) is 1. The Kier molecular flexibility index (Phi) is 7.18. The van der Waals surface area contributed by atoms with Crippen LogP contribution < -0.4 is 23.8 Å². The lowest BCUT2D eigenvalue weighted by atomic mass is 10.1. The summed E-state index contributed by atoms with van der Waals surface area (Å²) in [6.07, 6.45) is 0.960. The van der Waals surface area contributed by atoms with Gasteiger partial charge in [0.05, 0.1) is 40.2 Å². The fourth-order valence-corrected chi connectivity index (χ4v) is 6.13. The van der Waals surface area contributed by atoms with Gasteiger partial charge in [0.2, 0.25) is 5.75 Å². The van der Waals surface area contributed by atoms with Crippen molar-refractivity contribution in [3.63, 3.8) is 0 Å². The molecule has 0 amide bonds. The fourth-order valence-electron chi connectivity index (χ4n) is 4.82. The minimum Gasteiger partial charge on any atom is -0.494 e. The lowest BCUT2D eigenvalue weighted by Gasteiger charge is -2.24. The number of ether oxygens (including phenoxy) is 4. The van der Waals surface area contributed by atoms with Crippen LogP contribution in [0, 0.1) is 0 Å². The number of anilines is 1. The Bertz CT molecular complexity index is 1290. The first-order chi connectivity index (χ1) is 17.6. The second-order valence-electron chi connectivity index (χ2n) is 8.72. The third-order valence-corrected chi connectivity index (χ3v) is 7.89. The number of H-pyrrole nitrogens is 1. The SMILES string of the molecule is CCOc1ccc2c(c1)S[C@H](c1cc(OC)c(OC)c(OC)c1)CCN2Cc1cc2ccccc2[nH]1. The number of para-hydroxylation sites is 1. The van der Waals surface area contributed by atoms with Crippen molar-refractivity contribution >= 4 is 28.4 Å². The number of benzene rings is 3. The van der Waals surface area contributed by atoms with Crippen molar-refractivity contribution in [3.05, 3.63) is 71.9 Å². The van der Waals surface area contributed by atoms with Gasteiger partial charge in [-0.25, -0.2) is 0 Å². The first-order valence-electron chi connectivity index (χ1n) is 12.2. The van der Waals surface area contributed by atoms with Crippen LogP contribution in [0.1, 0.15) is 29.9 Å². The minimum atomic E-state index is 0.210. The van der Waals surface area contributed by atoms with Crippen molar-refractivity contribution in [1.29, 1.82) is 0 Å². The summed E-state index contributed by atoms with van der Waals surface area (Å²) in [5.74, 6) is 2.85. The lowest BCUT2D eigenvalue weighted by molar-refractivity contribution is 0.323. The molecule has 5 rings (SSSR count). The van der Waals surface area contributed by atoms with Gasteiger partial charge in [-0.3, -0.25) is 0 Å². The molecule has 4 aromatic rings. The second kappa shape index (κ2) is 10.7. The molecule has 0 radical (unpaired) electrons. The number of fused-ring (bicyclic) bond motifs is 2. The predicted octanol–water partition coefficient (Wildman–Crippen LogP) is 6.84. The maximum atomic E-state index is 5.86. The van der Waals surface area contributed by atoms with E-state index >= 15 is 0 Å². The van der Waals surface area contributed by atoms with Crippen LogP contribution in [-0.2, 0) is 6.54 Å². The van der Waals surface area contributed by atoms with Gasteiger partial charge in [0.15, 0.2) is 11.5 Å².